The standard InChI is InChI=1S/C19H33N3O5/c1-14(2)16(13-24)21-18(26)11-20-17(25)8-6-5-7-9-22(4)19(27)10-15(3)12-23/h12-16H,5-11H2,1-4H3,(H,20,25)(H,21,26). The molecule has 0 aromatic carbocycles. The molecule has 0 bridgehead atoms. The molecule has 0 saturated heterocycles. The molecule has 8 heteroatoms. The highest BCUT2D eigenvalue weighted by Crippen LogP contribution is 2.05. The van der Waals surface area contributed by atoms with E-state index in [1.807, 2.05) is 13.8 Å². The van der Waals surface area contributed by atoms with Crippen LogP contribution in [0, 0.1) is 11.8 Å². The Kier molecular flexibility index (Phi) is 12.7. The molecule has 2 unspecified atom stereocenters. The summed E-state index contributed by atoms with van der Waals surface area (Å²) in [6.45, 7) is 5.79. The fourth-order valence-corrected chi connectivity index (χ4v) is 2.28. The summed E-state index contributed by atoms with van der Waals surface area (Å²) in [6, 6.07) is -0.552. The van der Waals surface area contributed by atoms with Crippen molar-refractivity contribution in [3.05, 3.63) is 0 Å². The van der Waals surface area contributed by atoms with Gasteiger partial charge in [-0.2, -0.15) is 0 Å². The molecule has 3 amide bonds. The van der Waals surface area contributed by atoms with Gasteiger partial charge in [-0.05, 0) is 18.8 Å². The SMILES string of the molecule is CC(C=O)CC(=O)N(C)CCCCCC(=O)NCC(=O)NC(C=O)C(C)C. The molecule has 0 radical (unpaired) electrons. The number of amides is 3. The second-order valence-corrected chi connectivity index (χ2v) is 7.19. The van der Waals surface area contributed by atoms with Gasteiger partial charge in [-0.3, -0.25) is 14.4 Å². The number of nitrogens with zero attached hydrogens (tertiary/aromatic N) is 1. The van der Waals surface area contributed by atoms with Crippen LogP contribution in [0.25, 0.3) is 0 Å². The largest absolute Gasteiger partial charge is 0.347 e. The first-order valence-corrected chi connectivity index (χ1v) is 9.41. The lowest BCUT2D eigenvalue weighted by molar-refractivity contribution is -0.132. The molecule has 0 aromatic heterocycles. The van der Waals surface area contributed by atoms with Crippen LogP contribution in [0.5, 0.6) is 0 Å². The van der Waals surface area contributed by atoms with Gasteiger partial charge in [0, 0.05) is 32.4 Å². The Morgan fingerprint density at radius 2 is 1.63 bits per heavy atom. The Hall–Kier alpha value is -2.25. The maximum atomic E-state index is 11.8. The van der Waals surface area contributed by atoms with Crippen molar-refractivity contribution in [2.24, 2.45) is 11.8 Å². The molecular formula is C19H33N3O5. The molecular weight excluding hydrogens is 350 g/mol. The van der Waals surface area contributed by atoms with Gasteiger partial charge in [0.1, 0.15) is 12.6 Å². The Morgan fingerprint density at radius 1 is 0.963 bits per heavy atom. The first-order valence-electron chi connectivity index (χ1n) is 9.41. The molecule has 0 heterocycles. The van der Waals surface area contributed by atoms with Crippen molar-refractivity contribution in [3.8, 4) is 0 Å². The average molecular weight is 383 g/mol. The van der Waals surface area contributed by atoms with Gasteiger partial charge in [0.15, 0.2) is 0 Å². The minimum Gasteiger partial charge on any atom is -0.347 e. The third kappa shape index (κ3) is 11.9. The Labute approximate surface area is 161 Å². The molecule has 154 valence electrons. The van der Waals surface area contributed by atoms with Crippen molar-refractivity contribution in [3.63, 3.8) is 0 Å². The van der Waals surface area contributed by atoms with E-state index in [0.717, 1.165) is 19.1 Å². The van der Waals surface area contributed by atoms with Gasteiger partial charge in [0.2, 0.25) is 17.7 Å². The minimum absolute atomic E-state index is 0.00573. The first-order chi connectivity index (χ1) is 12.7. The summed E-state index contributed by atoms with van der Waals surface area (Å²) in [4.78, 5) is 58.3. The summed E-state index contributed by atoms with van der Waals surface area (Å²) in [6.07, 6.45) is 4.17. The van der Waals surface area contributed by atoms with Crippen LogP contribution in [0.2, 0.25) is 0 Å². The van der Waals surface area contributed by atoms with Gasteiger partial charge < -0.3 is 25.1 Å². The van der Waals surface area contributed by atoms with Gasteiger partial charge in [0.25, 0.3) is 0 Å². The van der Waals surface area contributed by atoms with Crippen molar-refractivity contribution in [2.45, 2.75) is 58.9 Å². The number of hydrogen-bond acceptors (Lipinski definition) is 5. The molecule has 0 spiro atoms. The van der Waals surface area contributed by atoms with Crippen LogP contribution in [0.1, 0.15) is 52.9 Å². The van der Waals surface area contributed by atoms with Crippen LogP contribution < -0.4 is 10.6 Å². The first kappa shape index (κ1) is 24.8. The van der Waals surface area contributed by atoms with Gasteiger partial charge in [0.05, 0.1) is 12.6 Å². The van der Waals surface area contributed by atoms with E-state index >= 15 is 0 Å². The van der Waals surface area contributed by atoms with E-state index in [1.165, 1.54) is 0 Å². The van der Waals surface area contributed by atoms with Crippen molar-refractivity contribution in [1.29, 1.82) is 0 Å². The highest BCUT2D eigenvalue weighted by Gasteiger charge is 2.15. The van der Waals surface area contributed by atoms with E-state index in [0.29, 0.717) is 25.7 Å². The van der Waals surface area contributed by atoms with E-state index in [2.05, 4.69) is 10.6 Å². The minimum atomic E-state index is -0.552. The molecule has 2 N–H and O–H groups in total. The number of rotatable bonds is 14. The lowest BCUT2D eigenvalue weighted by atomic mass is 10.1. The molecule has 0 saturated carbocycles. The molecule has 2 atom stereocenters. The quantitative estimate of drug-likeness (QED) is 0.338. The number of hydrogen-bond donors (Lipinski definition) is 2. The van der Waals surface area contributed by atoms with Crippen LogP contribution >= 0.6 is 0 Å². The van der Waals surface area contributed by atoms with E-state index in [4.69, 9.17) is 0 Å². The van der Waals surface area contributed by atoms with Crippen molar-refractivity contribution in [1.82, 2.24) is 15.5 Å². The summed E-state index contributed by atoms with van der Waals surface area (Å²) in [5.74, 6) is -0.953. The van der Waals surface area contributed by atoms with Crippen molar-refractivity contribution in [2.75, 3.05) is 20.1 Å². The highest BCUT2D eigenvalue weighted by atomic mass is 16.2. The van der Waals surface area contributed by atoms with E-state index in [-0.39, 0.29) is 42.5 Å². The Bertz CT molecular complexity index is 508. The molecule has 8 nitrogen and oxygen atoms in total. The highest BCUT2D eigenvalue weighted by molar-refractivity contribution is 5.86. The van der Waals surface area contributed by atoms with Crippen LogP contribution in [-0.4, -0.2) is 61.4 Å². The summed E-state index contributed by atoms with van der Waals surface area (Å²) in [5.41, 5.74) is 0. The van der Waals surface area contributed by atoms with Crippen LogP contribution in [0.3, 0.4) is 0 Å². The molecule has 0 rings (SSSR count). The van der Waals surface area contributed by atoms with Crippen LogP contribution in [0.4, 0.5) is 0 Å². The molecule has 0 aliphatic carbocycles. The summed E-state index contributed by atoms with van der Waals surface area (Å²) < 4.78 is 0. The number of carbonyl (C=O) groups excluding carboxylic acids is 5. The number of unbranched alkanes of at least 4 members (excludes halogenated alkanes) is 2. The zero-order chi connectivity index (χ0) is 20.8. The van der Waals surface area contributed by atoms with E-state index in [1.54, 1.807) is 18.9 Å². The normalized spacial score (nSPS) is 12.8. The predicted molar refractivity (Wildman–Crippen MR) is 102 cm³/mol. The molecule has 0 aromatic rings. The lowest BCUT2D eigenvalue weighted by Crippen LogP contribution is -2.44. The van der Waals surface area contributed by atoms with Crippen LogP contribution in [-0.2, 0) is 24.0 Å². The zero-order valence-electron chi connectivity index (χ0n) is 16.8. The van der Waals surface area contributed by atoms with Gasteiger partial charge >= 0.3 is 0 Å². The number of carbonyl (C=O) groups is 5. The third-order valence-corrected chi connectivity index (χ3v) is 4.19. The third-order valence-electron chi connectivity index (χ3n) is 4.19. The average Bonchev–Trinajstić information content (AvgIpc) is 2.63. The fourth-order valence-electron chi connectivity index (χ4n) is 2.28. The van der Waals surface area contributed by atoms with Gasteiger partial charge in [-0.25, -0.2) is 0 Å². The van der Waals surface area contributed by atoms with E-state index < -0.39 is 6.04 Å². The second-order valence-electron chi connectivity index (χ2n) is 7.19. The molecule has 0 aliphatic rings. The molecule has 0 aliphatic heterocycles. The smallest absolute Gasteiger partial charge is 0.239 e. The molecule has 0 fully saturated rings. The van der Waals surface area contributed by atoms with Gasteiger partial charge in [-0.1, -0.05) is 27.2 Å². The summed E-state index contributed by atoms with van der Waals surface area (Å²) >= 11 is 0. The number of aldehydes is 2. The summed E-state index contributed by atoms with van der Waals surface area (Å²) in [5, 5.41) is 5.09. The topological polar surface area (TPSA) is 113 Å². The maximum absolute atomic E-state index is 11.8. The fraction of sp³-hybridized carbons (Fsp3) is 0.737. The Morgan fingerprint density at radius 3 is 2.19 bits per heavy atom. The molecule has 27 heavy (non-hydrogen) atoms. The lowest BCUT2D eigenvalue weighted by Gasteiger charge is -2.18. The van der Waals surface area contributed by atoms with E-state index in [9.17, 15) is 24.0 Å². The van der Waals surface area contributed by atoms with Crippen molar-refractivity contribution >= 4 is 30.3 Å². The van der Waals surface area contributed by atoms with Gasteiger partial charge in [-0.15, -0.1) is 0 Å². The monoisotopic (exact) mass is 383 g/mol. The van der Waals surface area contributed by atoms with Crippen LogP contribution in [0.15, 0.2) is 0 Å². The Balaban J connectivity index is 3.85. The maximum Gasteiger partial charge on any atom is 0.239 e. The number of nitrogens with one attached hydrogen (secondary N) is 2. The van der Waals surface area contributed by atoms with Crippen molar-refractivity contribution < 1.29 is 24.0 Å². The second kappa shape index (κ2) is 13.9. The predicted octanol–water partition coefficient (Wildman–Crippen LogP) is 0.686. The summed E-state index contributed by atoms with van der Waals surface area (Å²) in [7, 11) is 1.70. The zero-order valence-corrected chi connectivity index (χ0v) is 16.8.